The lowest BCUT2D eigenvalue weighted by molar-refractivity contribution is -0.118. The molecule has 0 N–H and O–H groups in total. The van der Waals surface area contributed by atoms with Gasteiger partial charge < -0.3 is 0 Å². The van der Waals surface area contributed by atoms with Crippen LogP contribution in [0, 0.1) is 0 Å². The first kappa shape index (κ1) is 19.5. The molecule has 0 aliphatic carbocycles. The number of unbranched alkanes of at least 4 members (excludes halogenated alkanes) is 4. The van der Waals surface area contributed by atoms with E-state index in [1.807, 2.05) is 54.6 Å². The molecule has 2 aromatic carbocycles. The molecule has 0 radical (unpaired) electrons. The van der Waals surface area contributed by atoms with Crippen LogP contribution in [0.15, 0.2) is 59.5 Å². The standard InChI is InChI=1S/C22H26O2S/c23-19(17-18-11-5-4-6-12-18)13-7-2-1-3-8-15-21(24)20-14-9-10-16-22(20)25/h4-6,9-12,14,16,25H,1-3,7-8,13,15,17H2. The van der Waals surface area contributed by atoms with E-state index >= 15 is 0 Å². The second-order valence-electron chi connectivity index (χ2n) is 6.41. The fourth-order valence-electron chi connectivity index (χ4n) is 2.89. The SMILES string of the molecule is O=C(CCCCCCCC(=O)c1ccccc1S)Cc1ccccc1. The van der Waals surface area contributed by atoms with Crippen LogP contribution in [0.2, 0.25) is 0 Å². The minimum atomic E-state index is 0.170. The van der Waals surface area contributed by atoms with Crippen LogP contribution in [-0.2, 0) is 11.2 Å². The van der Waals surface area contributed by atoms with E-state index in [4.69, 9.17) is 0 Å². The minimum absolute atomic E-state index is 0.170. The number of carbonyl (C=O) groups is 2. The Morgan fingerprint density at radius 3 is 2.04 bits per heavy atom. The van der Waals surface area contributed by atoms with Crippen LogP contribution in [-0.4, -0.2) is 11.6 Å². The number of benzene rings is 2. The van der Waals surface area contributed by atoms with E-state index in [-0.39, 0.29) is 5.78 Å². The summed E-state index contributed by atoms with van der Waals surface area (Å²) in [7, 11) is 0. The first-order valence-electron chi connectivity index (χ1n) is 9.03. The molecule has 0 aliphatic rings. The molecule has 3 heteroatoms. The predicted molar refractivity (Wildman–Crippen MR) is 105 cm³/mol. The molecular formula is C22H26O2S. The number of hydrogen-bond acceptors (Lipinski definition) is 3. The molecule has 0 aliphatic heterocycles. The molecule has 2 rings (SSSR count). The van der Waals surface area contributed by atoms with E-state index in [1.54, 1.807) is 0 Å². The van der Waals surface area contributed by atoms with Crippen molar-refractivity contribution in [2.24, 2.45) is 0 Å². The fourth-order valence-corrected chi connectivity index (χ4v) is 3.18. The van der Waals surface area contributed by atoms with Crippen molar-refractivity contribution >= 4 is 24.2 Å². The molecule has 0 aromatic heterocycles. The summed E-state index contributed by atoms with van der Waals surface area (Å²) in [5.41, 5.74) is 1.81. The highest BCUT2D eigenvalue weighted by Gasteiger charge is 2.08. The van der Waals surface area contributed by atoms with Crippen molar-refractivity contribution in [2.75, 3.05) is 0 Å². The van der Waals surface area contributed by atoms with E-state index in [1.165, 1.54) is 0 Å². The van der Waals surface area contributed by atoms with Gasteiger partial charge in [-0.1, -0.05) is 67.8 Å². The van der Waals surface area contributed by atoms with Crippen molar-refractivity contribution in [2.45, 2.75) is 56.3 Å². The van der Waals surface area contributed by atoms with Gasteiger partial charge in [0.2, 0.25) is 0 Å². The van der Waals surface area contributed by atoms with Gasteiger partial charge in [-0.05, 0) is 24.5 Å². The second-order valence-corrected chi connectivity index (χ2v) is 6.89. The summed E-state index contributed by atoms with van der Waals surface area (Å²) in [4.78, 5) is 24.8. The van der Waals surface area contributed by atoms with E-state index in [9.17, 15) is 9.59 Å². The van der Waals surface area contributed by atoms with Gasteiger partial charge in [0, 0.05) is 29.7 Å². The quantitative estimate of drug-likeness (QED) is 0.319. The Morgan fingerprint density at radius 2 is 1.32 bits per heavy atom. The fraction of sp³-hybridized carbons (Fsp3) is 0.364. The van der Waals surface area contributed by atoms with Crippen LogP contribution in [0.5, 0.6) is 0 Å². The van der Waals surface area contributed by atoms with Crippen molar-refractivity contribution in [3.05, 3.63) is 65.7 Å². The molecule has 25 heavy (non-hydrogen) atoms. The number of hydrogen-bond donors (Lipinski definition) is 1. The summed E-state index contributed by atoms with van der Waals surface area (Å²) in [6, 6.07) is 17.3. The molecule has 0 unspecified atom stereocenters. The molecule has 0 bridgehead atoms. The molecule has 132 valence electrons. The highest BCUT2D eigenvalue weighted by molar-refractivity contribution is 7.80. The molecule has 0 atom stereocenters. The number of ketones is 2. The van der Waals surface area contributed by atoms with Gasteiger partial charge in [0.25, 0.3) is 0 Å². The third-order valence-corrected chi connectivity index (χ3v) is 4.70. The second kappa shape index (κ2) is 10.9. The molecular weight excluding hydrogens is 328 g/mol. The van der Waals surface area contributed by atoms with E-state index in [2.05, 4.69) is 12.6 Å². The lowest BCUT2D eigenvalue weighted by Gasteiger charge is -2.04. The van der Waals surface area contributed by atoms with Crippen molar-refractivity contribution in [1.29, 1.82) is 0 Å². The predicted octanol–water partition coefficient (Wildman–Crippen LogP) is 5.70. The number of carbonyl (C=O) groups excluding carboxylic acids is 2. The van der Waals surface area contributed by atoms with Crippen molar-refractivity contribution in [1.82, 2.24) is 0 Å². The van der Waals surface area contributed by atoms with Gasteiger partial charge in [-0.15, -0.1) is 12.6 Å². The molecule has 0 amide bonds. The van der Waals surface area contributed by atoms with Crippen molar-refractivity contribution < 1.29 is 9.59 Å². The molecule has 0 saturated carbocycles. The normalized spacial score (nSPS) is 10.6. The Balaban J connectivity index is 1.53. The van der Waals surface area contributed by atoms with E-state index in [0.717, 1.165) is 48.1 Å². The summed E-state index contributed by atoms with van der Waals surface area (Å²) in [6.07, 6.45) is 6.78. The largest absolute Gasteiger partial charge is 0.299 e. The lowest BCUT2D eigenvalue weighted by Crippen LogP contribution is -2.02. The Morgan fingerprint density at radius 1 is 0.720 bits per heavy atom. The maximum absolute atomic E-state index is 12.1. The molecule has 0 fully saturated rings. The zero-order chi connectivity index (χ0) is 17.9. The smallest absolute Gasteiger partial charge is 0.163 e. The van der Waals surface area contributed by atoms with Gasteiger partial charge in [0.1, 0.15) is 5.78 Å². The summed E-state index contributed by atoms with van der Waals surface area (Å²) in [6.45, 7) is 0. The Kier molecular flexibility index (Phi) is 8.47. The zero-order valence-electron chi connectivity index (χ0n) is 14.6. The Bertz CT molecular complexity index is 679. The van der Waals surface area contributed by atoms with Crippen LogP contribution < -0.4 is 0 Å². The van der Waals surface area contributed by atoms with Gasteiger partial charge >= 0.3 is 0 Å². The maximum atomic E-state index is 12.1. The van der Waals surface area contributed by atoms with Crippen LogP contribution in [0.4, 0.5) is 0 Å². The van der Waals surface area contributed by atoms with Gasteiger partial charge in [-0.3, -0.25) is 9.59 Å². The van der Waals surface area contributed by atoms with Crippen LogP contribution >= 0.6 is 12.6 Å². The Hall–Kier alpha value is -1.87. The summed E-state index contributed by atoms with van der Waals surface area (Å²) >= 11 is 4.33. The van der Waals surface area contributed by atoms with Crippen molar-refractivity contribution in [3.63, 3.8) is 0 Å². The topological polar surface area (TPSA) is 34.1 Å². The van der Waals surface area contributed by atoms with Gasteiger partial charge in [-0.25, -0.2) is 0 Å². The van der Waals surface area contributed by atoms with Crippen LogP contribution in [0.3, 0.4) is 0 Å². The maximum Gasteiger partial charge on any atom is 0.163 e. The van der Waals surface area contributed by atoms with Gasteiger partial charge in [0.15, 0.2) is 5.78 Å². The molecule has 2 aromatic rings. The average Bonchev–Trinajstić information content (AvgIpc) is 2.62. The number of thiol groups is 1. The lowest BCUT2D eigenvalue weighted by atomic mass is 10.0. The third-order valence-electron chi connectivity index (χ3n) is 4.31. The first-order valence-corrected chi connectivity index (χ1v) is 9.48. The molecule has 0 saturated heterocycles. The summed E-state index contributed by atoms with van der Waals surface area (Å²) in [5, 5.41) is 0. The number of Topliss-reactive ketones (excluding diaryl/α,β-unsaturated/α-hetero) is 2. The molecule has 0 spiro atoms. The highest BCUT2D eigenvalue weighted by atomic mass is 32.1. The summed E-state index contributed by atoms with van der Waals surface area (Å²) < 4.78 is 0. The minimum Gasteiger partial charge on any atom is -0.299 e. The zero-order valence-corrected chi connectivity index (χ0v) is 15.5. The molecule has 2 nitrogen and oxygen atoms in total. The van der Waals surface area contributed by atoms with Gasteiger partial charge in [0.05, 0.1) is 0 Å². The average molecular weight is 355 g/mol. The van der Waals surface area contributed by atoms with Gasteiger partial charge in [-0.2, -0.15) is 0 Å². The highest BCUT2D eigenvalue weighted by Crippen LogP contribution is 2.17. The van der Waals surface area contributed by atoms with E-state index < -0.39 is 0 Å². The van der Waals surface area contributed by atoms with Crippen molar-refractivity contribution in [3.8, 4) is 0 Å². The first-order chi connectivity index (χ1) is 12.2. The van der Waals surface area contributed by atoms with Crippen LogP contribution in [0.25, 0.3) is 0 Å². The monoisotopic (exact) mass is 354 g/mol. The van der Waals surface area contributed by atoms with Crippen LogP contribution in [0.1, 0.15) is 60.9 Å². The van der Waals surface area contributed by atoms with E-state index in [0.29, 0.717) is 25.0 Å². The summed E-state index contributed by atoms with van der Waals surface area (Å²) in [5.74, 6) is 0.482. The third kappa shape index (κ3) is 7.27. The molecule has 0 heterocycles. The Labute approximate surface area is 156 Å². The number of rotatable bonds is 11.